The van der Waals surface area contributed by atoms with Crippen molar-refractivity contribution in [3.63, 3.8) is 0 Å². The van der Waals surface area contributed by atoms with Crippen molar-refractivity contribution in [2.75, 3.05) is 13.1 Å². The Labute approximate surface area is 176 Å². The van der Waals surface area contributed by atoms with Crippen LogP contribution in [0.1, 0.15) is 39.9 Å². The SMILES string of the molecule is Cc1ccc(C=CC(=O)c2ccc(S(=O)(=O)N3CCC(C(=O)O)CC3)cc2)c(C)c1. The molecular formula is C23H25NO5S. The Hall–Kier alpha value is -2.77. The van der Waals surface area contributed by atoms with Crippen molar-refractivity contribution in [3.05, 3.63) is 70.8 Å². The maximum absolute atomic E-state index is 12.8. The third-order valence-corrected chi connectivity index (χ3v) is 7.33. The number of carboxylic acid groups (broad SMARTS) is 1. The van der Waals surface area contributed by atoms with Crippen molar-refractivity contribution in [1.29, 1.82) is 0 Å². The van der Waals surface area contributed by atoms with Gasteiger partial charge in [-0.3, -0.25) is 9.59 Å². The summed E-state index contributed by atoms with van der Waals surface area (Å²) >= 11 is 0. The largest absolute Gasteiger partial charge is 0.481 e. The van der Waals surface area contributed by atoms with E-state index in [4.69, 9.17) is 5.11 Å². The second-order valence-corrected chi connectivity index (χ2v) is 9.54. The normalized spacial score (nSPS) is 16.1. The number of nitrogens with zero attached hydrogens (tertiary/aromatic N) is 1. The maximum atomic E-state index is 12.8. The third-order valence-electron chi connectivity index (χ3n) is 5.42. The van der Waals surface area contributed by atoms with Crippen molar-refractivity contribution >= 4 is 27.9 Å². The Morgan fingerprint density at radius 1 is 1.03 bits per heavy atom. The lowest BCUT2D eigenvalue weighted by Crippen LogP contribution is -2.40. The molecule has 30 heavy (non-hydrogen) atoms. The molecule has 158 valence electrons. The van der Waals surface area contributed by atoms with Gasteiger partial charge >= 0.3 is 5.97 Å². The van der Waals surface area contributed by atoms with Crippen molar-refractivity contribution in [1.82, 2.24) is 4.31 Å². The smallest absolute Gasteiger partial charge is 0.306 e. The van der Waals surface area contributed by atoms with Gasteiger partial charge in [0.1, 0.15) is 0 Å². The molecule has 2 aromatic rings. The Balaban J connectivity index is 1.70. The first-order chi connectivity index (χ1) is 14.2. The lowest BCUT2D eigenvalue weighted by atomic mass is 9.99. The summed E-state index contributed by atoms with van der Waals surface area (Å²) in [6.07, 6.45) is 3.84. The first kappa shape index (κ1) is 21.9. The van der Waals surface area contributed by atoms with Crippen LogP contribution in [-0.2, 0) is 14.8 Å². The number of hydrogen-bond acceptors (Lipinski definition) is 4. The number of aliphatic carboxylic acids is 1. The zero-order valence-corrected chi connectivity index (χ0v) is 17.9. The number of hydrogen-bond donors (Lipinski definition) is 1. The molecule has 0 bridgehead atoms. The molecule has 0 aliphatic carbocycles. The number of aryl methyl sites for hydroxylation is 2. The van der Waals surface area contributed by atoms with Crippen molar-refractivity contribution in [2.45, 2.75) is 31.6 Å². The number of sulfonamides is 1. The predicted octanol–water partition coefficient (Wildman–Crippen LogP) is 3.68. The van der Waals surface area contributed by atoms with Crippen LogP contribution in [0.4, 0.5) is 0 Å². The second-order valence-electron chi connectivity index (χ2n) is 7.60. The van der Waals surface area contributed by atoms with Gasteiger partial charge in [-0.15, -0.1) is 0 Å². The first-order valence-corrected chi connectivity index (χ1v) is 11.2. The molecule has 0 saturated carbocycles. The lowest BCUT2D eigenvalue weighted by Gasteiger charge is -2.29. The van der Waals surface area contributed by atoms with Crippen LogP contribution in [0, 0.1) is 19.8 Å². The number of ketones is 1. The Kier molecular flexibility index (Phi) is 6.53. The van der Waals surface area contributed by atoms with E-state index in [1.165, 1.54) is 34.6 Å². The van der Waals surface area contributed by atoms with E-state index < -0.39 is 21.9 Å². The van der Waals surface area contributed by atoms with Crippen LogP contribution in [0.2, 0.25) is 0 Å². The molecular weight excluding hydrogens is 402 g/mol. The minimum Gasteiger partial charge on any atom is -0.481 e. The summed E-state index contributed by atoms with van der Waals surface area (Å²) < 4.78 is 26.9. The van der Waals surface area contributed by atoms with Crippen LogP contribution in [0.15, 0.2) is 53.4 Å². The van der Waals surface area contributed by atoms with Gasteiger partial charge in [-0.05, 0) is 68.2 Å². The second kappa shape index (κ2) is 8.93. The van der Waals surface area contributed by atoms with E-state index in [0.29, 0.717) is 18.4 Å². The molecule has 1 aliphatic rings. The molecule has 3 rings (SSSR count). The van der Waals surface area contributed by atoms with Gasteiger partial charge in [0.15, 0.2) is 5.78 Å². The molecule has 1 N–H and O–H groups in total. The van der Waals surface area contributed by atoms with Crippen molar-refractivity contribution in [2.24, 2.45) is 5.92 Å². The Morgan fingerprint density at radius 2 is 1.67 bits per heavy atom. The van der Waals surface area contributed by atoms with E-state index in [-0.39, 0.29) is 23.8 Å². The topological polar surface area (TPSA) is 91.8 Å². The van der Waals surface area contributed by atoms with Crippen LogP contribution in [0.3, 0.4) is 0 Å². The zero-order chi connectivity index (χ0) is 21.9. The summed E-state index contributed by atoms with van der Waals surface area (Å²) in [4.78, 5) is 23.6. The van der Waals surface area contributed by atoms with Gasteiger partial charge in [-0.25, -0.2) is 8.42 Å². The number of carbonyl (C=O) groups excluding carboxylic acids is 1. The number of carbonyl (C=O) groups is 2. The molecule has 0 atom stereocenters. The molecule has 0 amide bonds. The quantitative estimate of drug-likeness (QED) is 0.561. The fourth-order valence-corrected chi connectivity index (χ4v) is 5.03. The molecule has 2 aromatic carbocycles. The standard InChI is InChI=1S/C23H25NO5S/c1-16-3-4-18(17(2)15-16)7-10-22(25)19-5-8-21(9-6-19)30(28,29)24-13-11-20(12-14-24)23(26)27/h3-10,15,20H,11-14H2,1-2H3,(H,26,27). The average Bonchev–Trinajstić information content (AvgIpc) is 2.73. The maximum Gasteiger partial charge on any atom is 0.306 e. The minimum atomic E-state index is -3.71. The summed E-state index contributed by atoms with van der Waals surface area (Å²) in [6.45, 7) is 4.35. The number of rotatable bonds is 6. The van der Waals surface area contributed by atoms with Gasteiger partial charge in [0, 0.05) is 18.7 Å². The molecule has 0 aromatic heterocycles. The van der Waals surface area contributed by atoms with Crippen LogP contribution < -0.4 is 0 Å². The monoisotopic (exact) mass is 427 g/mol. The summed E-state index contributed by atoms with van der Waals surface area (Å²) in [7, 11) is -3.71. The molecule has 1 aliphatic heterocycles. The molecule has 1 heterocycles. The predicted molar refractivity (Wildman–Crippen MR) is 115 cm³/mol. The average molecular weight is 428 g/mol. The molecule has 7 heteroatoms. The fourth-order valence-electron chi connectivity index (χ4n) is 3.56. The van der Waals surface area contributed by atoms with Crippen LogP contribution in [0.25, 0.3) is 6.08 Å². The molecule has 1 fully saturated rings. The van der Waals surface area contributed by atoms with Crippen LogP contribution >= 0.6 is 0 Å². The molecule has 0 unspecified atom stereocenters. The summed E-state index contributed by atoms with van der Waals surface area (Å²) in [6, 6.07) is 11.8. The van der Waals surface area contributed by atoms with Gasteiger partial charge in [0.2, 0.25) is 10.0 Å². The third kappa shape index (κ3) is 4.86. The first-order valence-electron chi connectivity index (χ1n) is 9.81. The van der Waals surface area contributed by atoms with Crippen molar-refractivity contribution < 1.29 is 23.1 Å². The molecule has 6 nitrogen and oxygen atoms in total. The minimum absolute atomic E-state index is 0.103. The fraction of sp³-hybridized carbons (Fsp3) is 0.304. The van der Waals surface area contributed by atoms with E-state index in [0.717, 1.165) is 16.7 Å². The summed E-state index contributed by atoms with van der Waals surface area (Å²) in [5.41, 5.74) is 3.59. The van der Waals surface area contributed by atoms with Crippen LogP contribution in [-0.4, -0.2) is 42.7 Å². The molecule has 0 spiro atoms. The van der Waals surface area contributed by atoms with Gasteiger partial charge < -0.3 is 5.11 Å². The molecule has 0 radical (unpaired) electrons. The van der Waals surface area contributed by atoms with E-state index in [1.54, 1.807) is 6.08 Å². The Morgan fingerprint density at radius 3 is 2.23 bits per heavy atom. The number of benzene rings is 2. The number of carboxylic acids is 1. The van der Waals surface area contributed by atoms with Crippen LogP contribution in [0.5, 0.6) is 0 Å². The van der Waals surface area contributed by atoms with Gasteiger partial charge in [0.05, 0.1) is 10.8 Å². The summed E-state index contributed by atoms with van der Waals surface area (Å²) in [5, 5.41) is 9.07. The van der Waals surface area contributed by atoms with E-state index >= 15 is 0 Å². The van der Waals surface area contributed by atoms with E-state index in [1.807, 2.05) is 32.0 Å². The summed E-state index contributed by atoms with van der Waals surface area (Å²) in [5.74, 6) is -1.59. The highest BCUT2D eigenvalue weighted by Crippen LogP contribution is 2.24. The number of piperidine rings is 1. The van der Waals surface area contributed by atoms with E-state index in [2.05, 4.69) is 0 Å². The highest BCUT2D eigenvalue weighted by Gasteiger charge is 2.31. The van der Waals surface area contributed by atoms with Gasteiger partial charge in [0.25, 0.3) is 0 Å². The van der Waals surface area contributed by atoms with Gasteiger partial charge in [-0.1, -0.05) is 29.8 Å². The number of allylic oxidation sites excluding steroid dienone is 1. The Bertz CT molecular complexity index is 1080. The lowest BCUT2D eigenvalue weighted by molar-refractivity contribution is -0.142. The zero-order valence-electron chi connectivity index (χ0n) is 17.0. The highest BCUT2D eigenvalue weighted by atomic mass is 32.2. The van der Waals surface area contributed by atoms with Crippen molar-refractivity contribution in [3.8, 4) is 0 Å². The van der Waals surface area contributed by atoms with E-state index in [9.17, 15) is 18.0 Å². The highest BCUT2D eigenvalue weighted by molar-refractivity contribution is 7.89. The van der Waals surface area contributed by atoms with Gasteiger partial charge in [-0.2, -0.15) is 4.31 Å². The molecule has 1 saturated heterocycles.